The number of hydrogen-bond acceptors (Lipinski definition) is 6. The van der Waals surface area contributed by atoms with Crippen molar-refractivity contribution in [2.24, 2.45) is 0 Å². The molecule has 0 spiro atoms. The fourth-order valence-corrected chi connectivity index (χ4v) is 6.00. The maximum atomic E-state index is 10.6. The van der Waals surface area contributed by atoms with Gasteiger partial charge >= 0.3 is 69.5 Å². The largest absolute Gasteiger partial charge is 0.293 e. The molecule has 2 amide bonds. The molecule has 158 valence electrons. The van der Waals surface area contributed by atoms with Crippen molar-refractivity contribution in [1.29, 1.82) is 0 Å². The summed E-state index contributed by atoms with van der Waals surface area (Å²) in [6.45, 7) is 4.58. The molecule has 0 bridgehead atoms. The number of rotatable bonds is 8. The second-order valence-electron chi connectivity index (χ2n) is 5.77. The zero-order valence-electron chi connectivity index (χ0n) is 17.0. The summed E-state index contributed by atoms with van der Waals surface area (Å²) in [4.78, 5) is 28.5. The second-order valence-corrected chi connectivity index (χ2v) is 10.1. The Morgan fingerprint density at radius 2 is 1.24 bits per heavy atom. The van der Waals surface area contributed by atoms with Gasteiger partial charge in [-0.1, -0.05) is 12.1 Å². The molecule has 2 radical (unpaired) electrons. The summed E-state index contributed by atoms with van der Waals surface area (Å²) in [6, 6.07) is 9.72. The fourth-order valence-electron chi connectivity index (χ4n) is 1.84. The number of carbonyl (C=O) groups is 2. The Morgan fingerprint density at radius 3 is 1.52 bits per heavy atom. The Morgan fingerprint density at radius 1 is 0.828 bits per heavy atom. The normalized spacial score (nSPS) is 9.24. The van der Waals surface area contributed by atoms with E-state index in [0.717, 1.165) is 0 Å². The van der Waals surface area contributed by atoms with Crippen molar-refractivity contribution in [3.8, 4) is 0 Å². The topological polar surface area (TPSA) is 124 Å². The molecular weight excluding hydrogens is 479 g/mol. The molecule has 0 saturated heterocycles. The Balaban J connectivity index is 0.000000407. The van der Waals surface area contributed by atoms with Crippen LogP contribution in [-0.4, -0.2) is 53.3 Å². The van der Waals surface area contributed by atoms with E-state index >= 15 is 0 Å². The van der Waals surface area contributed by atoms with Crippen molar-refractivity contribution in [3.63, 3.8) is 0 Å². The number of nitrogens with one attached hydrogen (secondary N) is 2. The fraction of sp³-hybridized carbons (Fsp3) is 0.400. The standard InChI is InChI=1S/2C6H6N2O2.2C4H9.Sn/c2*9-6(8-10)5-3-1-2-4-7-5;2*1-3-4-2;/h2*1-4,10H,(H,8,9);2*1,3-4H2,2H3;. The van der Waals surface area contributed by atoms with E-state index in [9.17, 15) is 9.59 Å². The minimum Gasteiger partial charge on any atom is -0.288 e. The van der Waals surface area contributed by atoms with E-state index < -0.39 is 11.8 Å². The Labute approximate surface area is 182 Å². The van der Waals surface area contributed by atoms with Crippen LogP contribution in [0.4, 0.5) is 0 Å². The summed E-state index contributed by atoms with van der Waals surface area (Å²) in [5.74, 6) is -1.19. The number of unbranched alkanes of at least 4 members (excludes halogenated alkanes) is 2. The van der Waals surface area contributed by atoms with E-state index in [0.29, 0.717) is 0 Å². The van der Waals surface area contributed by atoms with Crippen molar-refractivity contribution in [2.45, 2.75) is 48.4 Å². The number of amides is 2. The molecule has 0 fully saturated rings. The molecule has 9 heteroatoms. The van der Waals surface area contributed by atoms with Gasteiger partial charge in [-0.25, -0.2) is 11.0 Å². The third-order valence-corrected chi connectivity index (χ3v) is 7.45. The van der Waals surface area contributed by atoms with Gasteiger partial charge in [0.05, 0.1) is 0 Å². The first-order valence-electron chi connectivity index (χ1n) is 9.52. The van der Waals surface area contributed by atoms with Crippen LogP contribution >= 0.6 is 0 Å². The van der Waals surface area contributed by atoms with Gasteiger partial charge in [-0.05, 0) is 24.3 Å². The number of nitrogens with zero attached hydrogens (tertiary/aromatic N) is 2. The molecular formula is C20H30N4O4Sn. The number of carbonyl (C=O) groups excluding carboxylic acids is 2. The summed E-state index contributed by atoms with van der Waals surface area (Å²) in [5.41, 5.74) is 3.36. The van der Waals surface area contributed by atoms with E-state index in [1.807, 2.05) is 0 Å². The SMILES string of the molecule is CCC[CH2][Sn][CH2]CCC.O=C(NO)c1ccccn1.O=C(NO)c1ccccn1. The van der Waals surface area contributed by atoms with Crippen LogP contribution in [0.2, 0.25) is 8.87 Å². The quantitative estimate of drug-likeness (QED) is 0.187. The Bertz CT molecular complexity index is 603. The maximum absolute atomic E-state index is 10.6. The number of hydrogen-bond donors (Lipinski definition) is 4. The smallest absolute Gasteiger partial charge is 0.288 e. The predicted molar refractivity (Wildman–Crippen MR) is 112 cm³/mol. The van der Waals surface area contributed by atoms with E-state index in [-0.39, 0.29) is 32.5 Å². The predicted octanol–water partition coefficient (Wildman–Crippen LogP) is 3.53. The molecule has 2 aromatic heterocycles. The van der Waals surface area contributed by atoms with Crippen molar-refractivity contribution >= 4 is 33.0 Å². The van der Waals surface area contributed by atoms with Gasteiger partial charge in [0.25, 0.3) is 11.8 Å². The average Bonchev–Trinajstić information content (AvgIpc) is 2.80. The molecule has 0 aliphatic rings. The molecule has 8 nitrogen and oxygen atoms in total. The number of aromatic nitrogens is 2. The zero-order valence-corrected chi connectivity index (χ0v) is 19.8. The molecule has 2 rings (SSSR count). The first-order valence-corrected chi connectivity index (χ1v) is 13.6. The van der Waals surface area contributed by atoms with Crippen molar-refractivity contribution in [3.05, 3.63) is 60.2 Å². The van der Waals surface area contributed by atoms with Crippen LogP contribution in [0.1, 0.15) is 60.5 Å². The van der Waals surface area contributed by atoms with Crippen LogP contribution < -0.4 is 11.0 Å². The molecule has 2 aromatic rings. The minimum absolute atomic E-state index is 0.149. The van der Waals surface area contributed by atoms with Gasteiger partial charge in [0.15, 0.2) is 0 Å². The summed E-state index contributed by atoms with van der Waals surface area (Å²) in [6.07, 6.45) is 8.79. The third-order valence-electron chi connectivity index (χ3n) is 3.41. The van der Waals surface area contributed by atoms with E-state index in [1.54, 1.807) is 33.1 Å². The van der Waals surface area contributed by atoms with Gasteiger partial charge in [0, 0.05) is 12.4 Å². The first kappa shape index (κ1) is 27.0. The van der Waals surface area contributed by atoms with Gasteiger partial charge in [-0.15, -0.1) is 0 Å². The van der Waals surface area contributed by atoms with Crippen molar-refractivity contribution < 1.29 is 20.0 Å². The van der Waals surface area contributed by atoms with Crippen LogP contribution in [0, 0.1) is 0 Å². The van der Waals surface area contributed by atoms with Crippen LogP contribution in [0.3, 0.4) is 0 Å². The van der Waals surface area contributed by atoms with Crippen LogP contribution in [0.15, 0.2) is 48.8 Å². The van der Waals surface area contributed by atoms with E-state index in [1.165, 1.54) is 61.2 Å². The molecule has 0 aromatic carbocycles. The second kappa shape index (κ2) is 19.3. The van der Waals surface area contributed by atoms with Crippen LogP contribution in [0.5, 0.6) is 0 Å². The van der Waals surface area contributed by atoms with E-state index in [4.69, 9.17) is 10.4 Å². The molecule has 0 unspecified atom stereocenters. The maximum Gasteiger partial charge on any atom is 0.293 e. The summed E-state index contributed by atoms with van der Waals surface area (Å²) >= 11 is 0.149. The number of pyridine rings is 2. The van der Waals surface area contributed by atoms with Crippen molar-refractivity contribution in [2.75, 3.05) is 0 Å². The molecule has 0 atom stereocenters. The zero-order chi connectivity index (χ0) is 21.7. The minimum atomic E-state index is -0.597. The monoisotopic (exact) mass is 510 g/mol. The van der Waals surface area contributed by atoms with Gasteiger partial charge < -0.3 is 0 Å². The summed E-state index contributed by atoms with van der Waals surface area (Å²) < 4.78 is 3.25. The van der Waals surface area contributed by atoms with Gasteiger partial charge in [0.1, 0.15) is 11.4 Å². The van der Waals surface area contributed by atoms with E-state index in [2.05, 4.69) is 23.8 Å². The van der Waals surface area contributed by atoms with Gasteiger partial charge in [-0.2, -0.15) is 0 Å². The molecule has 4 N–H and O–H groups in total. The van der Waals surface area contributed by atoms with Crippen LogP contribution in [-0.2, 0) is 0 Å². The Hall–Kier alpha value is -2.04. The van der Waals surface area contributed by atoms with Crippen molar-refractivity contribution in [1.82, 2.24) is 20.9 Å². The third kappa shape index (κ3) is 14.6. The molecule has 0 saturated carbocycles. The molecule has 29 heavy (non-hydrogen) atoms. The molecule has 0 aliphatic carbocycles. The number of hydroxylamine groups is 2. The Kier molecular flexibility index (Phi) is 17.9. The van der Waals surface area contributed by atoms with Crippen LogP contribution in [0.25, 0.3) is 0 Å². The molecule has 0 aliphatic heterocycles. The molecule has 2 heterocycles. The van der Waals surface area contributed by atoms with Gasteiger partial charge in [0.2, 0.25) is 0 Å². The van der Waals surface area contributed by atoms with Gasteiger partial charge in [-0.3, -0.25) is 30.0 Å². The summed E-state index contributed by atoms with van der Waals surface area (Å²) in [7, 11) is 0. The average molecular weight is 509 g/mol. The first-order chi connectivity index (χ1) is 14.1. The summed E-state index contributed by atoms with van der Waals surface area (Å²) in [5, 5.41) is 16.3.